The molecule has 35 heavy (non-hydrogen) atoms. The van der Waals surface area contributed by atoms with Crippen molar-refractivity contribution in [2.75, 3.05) is 31.6 Å². The number of likely N-dealkylation sites (tertiary alicyclic amines) is 1. The van der Waals surface area contributed by atoms with Crippen molar-refractivity contribution in [2.45, 2.75) is 38.8 Å². The van der Waals surface area contributed by atoms with Crippen molar-refractivity contribution in [2.24, 2.45) is 0 Å². The minimum Gasteiger partial charge on any atom is -0.395 e. The van der Waals surface area contributed by atoms with E-state index in [4.69, 9.17) is 15.4 Å². The number of hydrogen-bond donors (Lipinski definition) is 3. The molecule has 1 aliphatic heterocycles. The molecule has 1 atom stereocenters. The monoisotopic (exact) mass is 474 g/mol. The van der Waals surface area contributed by atoms with Gasteiger partial charge in [-0.15, -0.1) is 0 Å². The number of β-amino-alcohol motifs (C(OH)–C–C–N with tert-alkyl or cyclic N) is 1. The Bertz CT molecular complexity index is 1190. The first kappa shape index (κ1) is 24.3. The predicted octanol–water partition coefficient (Wildman–Crippen LogP) is 2.66. The lowest BCUT2D eigenvalue weighted by Gasteiger charge is -2.31. The number of carbonyl (C=O) groups is 1. The van der Waals surface area contributed by atoms with Gasteiger partial charge in [0.1, 0.15) is 6.04 Å². The van der Waals surface area contributed by atoms with Crippen molar-refractivity contribution >= 4 is 17.5 Å². The maximum absolute atomic E-state index is 12.2. The van der Waals surface area contributed by atoms with Gasteiger partial charge in [-0.2, -0.15) is 10.4 Å². The van der Waals surface area contributed by atoms with Crippen molar-refractivity contribution in [3.05, 3.63) is 54.0 Å². The average Bonchev–Trinajstić information content (AvgIpc) is 3.34. The Morgan fingerprint density at radius 1 is 1.26 bits per heavy atom. The molecule has 0 aliphatic carbocycles. The number of amides is 1. The number of aliphatic hydroxyl groups excluding tert-OH is 1. The van der Waals surface area contributed by atoms with E-state index < -0.39 is 6.04 Å². The third-order valence-corrected chi connectivity index (χ3v) is 6.14. The Kier molecular flexibility index (Phi) is 7.70. The Balaban J connectivity index is 1.43. The number of benzene rings is 1. The number of aryl methyl sites for hydroxylation is 1. The molecule has 4 rings (SSSR count). The molecule has 3 aromatic rings. The standard InChI is InChI=1S/C25H30N8O2/c1-17-14-27-25(30-21-15-28-33(16-21)22-7-9-32(10-8-22)11-12-34)31-23(17)19-3-5-20(6-4-19)24(35)29-18(2)13-26/h3-6,14-16,18,22,34H,7-12H2,1-2H3,(H,29,35)(H,27,30,31)/t18-/m0/s1. The second-order valence-corrected chi connectivity index (χ2v) is 8.76. The number of nitriles is 1. The summed E-state index contributed by atoms with van der Waals surface area (Å²) >= 11 is 0. The van der Waals surface area contributed by atoms with Gasteiger partial charge >= 0.3 is 0 Å². The summed E-state index contributed by atoms with van der Waals surface area (Å²) in [5, 5.41) is 28.4. The molecule has 0 saturated carbocycles. The maximum atomic E-state index is 12.2. The quantitative estimate of drug-likeness (QED) is 0.454. The minimum atomic E-state index is -0.552. The Morgan fingerprint density at radius 3 is 2.69 bits per heavy atom. The van der Waals surface area contributed by atoms with Gasteiger partial charge in [0, 0.05) is 43.2 Å². The maximum Gasteiger partial charge on any atom is 0.252 e. The lowest BCUT2D eigenvalue weighted by Crippen LogP contribution is -2.36. The van der Waals surface area contributed by atoms with Crippen LogP contribution in [0.3, 0.4) is 0 Å². The molecular formula is C25H30N8O2. The van der Waals surface area contributed by atoms with Gasteiger partial charge in [-0.3, -0.25) is 9.48 Å². The van der Waals surface area contributed by atoms with E-state index in [0.717, 1.165) is 55.0 Å². The van der Waals surface area contributed by atoms with Crippen LogP contribution in [0.1, 0.15) is 41.7 Å². The fourth-order valence-electron chi connectivity index (χ4n) is 4.17. The molecule has 1 aliphatic rings. The zero-order valence-corrected chi connectivity index (χ0v) is 20.0. The number of aliphatic hydroxyl groups is 1. The fourth-order valence-corrected chi connectivity index (χ4v) is 4.17. The molecule has 1 saturated heterocycles. The highest BCUT2D eigenvalue weighted by Gasteiger charge is 2.21. The van der Waals surface area contributed by atoms with Gasteiger partial charge < -0.3 is 20.6 Å². The van der Waals surface area contributed by atoms with Crippen LogP contribution in [0.15, 0.2) is 42.9 Å². The van der Waals surface area contributed by atoms with E-state index >= 15 is 0 Å². The lowest BCUT2D eigenvalue weighted by atomic mass is 10.1. The fraction of sp³-hybridized carbons (Fsp3) is 0.400. The van der Waals surface area contributed by atoms with Crippen LogP contribution in [0.25, 0.3) is 11.3 Å². The van der Waals surface area contributed by atoms with Gasteiger partial charge in [0.2, 0.25) is 5.95 Å². The van der Waals surface area contributed by atoms with Gasteiger partial charge in [-0.05, 0) is 44.4 Å². The highest BCUT2D eigenvalue weighted by atomic mass is 16.3. The number of carbonyl (C=O) groups excluding carboxylic acids is 1. The third-order valence-electron chi connectivity index (χ3n) is 6.14. The Morgan fingerprint density at radius 2 is 2.00 bits per heavy atom. The first-order chi connectivity index (χ1) is 17.0. The van der Waals surface area contributed by atoms with Crippen LogP contribution in [0.5, 0.6) is 0 Å². The summed E-state index contributed by atoms with van der Waals surface area (Å²) in [6.07, 6.45) is 7.51. The second-order valence-electron chi connectivity index (χ2n) is 8.76. The summed E-state index contributed by atoms with van der Waals surface area (Å²) in [4.78, 5) is 23.6. The molecule has 0 unspecified atom stereocenters. The predicted molar refractivity (Wildman–Crippen MR) is 132 cm³/mol. The number of nitrogens with zero attached hydrogens (tertiary/aromatic N) is 6. The van der Waals surface area contributed by atoms with E-state index in [1.165, 1.54) is 0 Å². The van der Waals surface area contributed by atoms with E-state index in [1.807, 2.05) is 36.0 Å². The normalized spacial score (nSPS) is 15.4. The Labute approximate surface area is 204 Å². The zero-order chi connectivity index (χ0) is 24.8. The smallest absolute Gasteiger partial charge is 0.252 e. The topological polar surface area (TPSA) is 132 Å². The number of nitrogens with one attached hydrogen (secondary N) is 2. The Hall–Kier alpha value is -3.81. The summed E-state index contributed by atoms with van der Waals surface area (Å²) < 4.78 is 1.99. The van der Waals surface area contributed by atoms with Crippen LogP contribution in [0.4, 0.5) is 11.6 Å². The summed E-state index contributed by atoms with van der Waals surface area (Å²) in [7, 11) is 0. The largest absolute Gasteiger partial charge is 0.395 e. The van der Waals surface area contributed by atoms with E-state index in [-0.39, 0.29) is 12.5 Å². The molecule has 182 valence electrons. The molecule has 10 nitrogen and oxygen atoms in total. The van der Waals surface area contributed by atoms with Crippen molar-refractivity contribution < 1.29 is 9.90 Å². The van der Waals surface area contributed by atoms with Crippen LogP contribution in [-0.4, -0.2) is 67.9 Å². The summed E-state index contributed by atoms with van der Waals surface area (Å²) in [5.74, 6) is 0.177. The minimum absolute atomic E-state index is 0.195. The molecular weight excluding hydrogens is 444 g/mol. The van der Waals surface area contributed by atoms with Gasteiger partial charge in [0.15, 0.2) is 0 Å². The second kappa shape index (κ2) is 11.1. The van der Waals surface area contributed by atoms with Crippen molar-refractivity contribution in [3.63, 3.8) is 0 Å². The molecule has 10 heteroatoms. The highest BCUT2D eigenvalue weighted by Crippen LogP contribution is 2.26. The number of piperidine rings is 1. The van der Waals surface area contributed by atoms with Crippen LogP contribution in [0, 0.1) is 18.3 Å². The van der Waals surface area contributed by atoms with Crippen molar-refractivity contribution in [3.8, 4) is 17.3 Å². The first-order valence-electron chi connectivity index (χ1n) is 11.8. The van der Waals surface area contributed by atoms with E-state index in [9.17, 15) is 4.79 Å². The molecule has 1 amide bonds. The van der Waals surface area contributed by atoms with Gasteiger partial charge in [0.25, 0.3) is 5.91 Å². The molecule has 1 aromatic carbocycles. The summed E-state index contributed by atoms with van der Waals surface area (Å²) in [6, 6.07) is 8.90. The van der Waals surface area contributed by atoms with Gasteiger partial charge in [0.05, 0.1) is 36.3 Å². The molecule has 0 spiro atoms. The van der Waals surface area contributed by atoms with Crippen LogP contribution >= 0.6 is 0 Å². The van der Waals surface area contributed by atoms with Crippen LogP contribution < -0.4 is 10.6 Å². The lowest BCUT2D eigenvalue weighted by molar-refractivity contribution is 0.0948. The molecule has 1 fully saturated rings. The summed E-state index contributed by atoms with van der Waals surface area (Å²) in [5.41, 5.74) is 3.84. The highest BCUT2D eigenvalue weighted by molar-refractivity contribution is 5.95. The van der Waals surface area contributed by atoms with Crippen LogP contribution in [0.2, 0.25) is 0 Å². The number of hydrogen-bond acceptors (Lipinski definition) is 8. The summed E-state index contributed by atoms with van der Waals surface area (Å²) in [6.45, 7) is 6.40. The molecule has 0 radical (unpaired) electrons. The van der Waals surface area contributed by atoms with Crippen molar-refractivity contribution in [1.29, 1.82) is 5.26 Å². The van der Waals surface area contributed by atoms with Gasteiger partial charge in [-0.25, -0.2) is 9.97 Å². The van der Waals surface area contributed by atoms with Crippen LogP contribution in [-0.2, 0) is 0 Å². The van der Waals surface area contributed by atoms with E-state index in [0.29, 0.717) is 17.6 Å². The third kappa shape index (κ3) is 6.01. The molecule has 3 N–H and O–H groups in total. The number of rotatable bonds is 8. The average molecular weight is 475 g/mol. The number of anilines is 2. The SMILES string of the molecule is Cc1cnc(Nc2cnn(C3CCN(CCO)CC3)c2)nc1-c1ccc(C(=O)N[C@@H](C)C#N)cc1. The van der Waals surface area contributed by atoms with E-state index in [1.54, 1.807) is 31.5 Å². The molecule has 0 bridgehead atoms. The first-order valence-corrected chi connectivity index (χ1v) is 11.8. The molecule has 2 aromatic heterocycles. The van der Waals surface area contributed by atoms with E-state index in [2.05, 4.69) is 25.6 Å². The zero-order valence-electron chi connectivity index (χ0n) is 20.0. The molecule has 3 heterocycles. The number of aromatic nitrogens is 4. The van der Waals surface area contributed by atoms with Crippen molar-refractivity contribution in [1.82, 2.24) is 30.0 Å². The van der Waals surface area contributed by atoms with Gasteiger partial charge in [-0.1, -0.05) is 12.1 Å².